The van der Waals surface area contributed by atoms with Crippen LogP contribution in [0.5, 0.6) is 11.5 Å². The topological polar surface area (TPSA) is 30.5 Å². The van der Waals surface area contributed by atoms with Crippen molar-refractivity contribution in [3.8, 4) is 11.5 Å². The highest BCUT2D eigenvalue weighted by Gasteiger charge is 2.40. The number of ether oxygens (including phenoxy) is 2. The van der Waals surface area contributed by atoms with Crippen molar-refractivity contribution < 1.29 is 9.47 Å². The molecule has 2 aliphatic rings. The van der Waals surface area contributed by atoms with Crippen LogP contribution in [0.15, 0.2) is 42.5 Å². The fraction of sp³-hybridized carbons (Fsp3) is 0.429. The molecule has 0 spiro atoms. The summed E-state index contributed by atoms with van der Waals surface area (Å²) in [4.78, 5) is 0. The van der Waals surface area contributed by atoms with Crippen molar-refractivity contribution in [2.24, 2.45) is 5.92 Å². The molecule has 3 unspecified atom stereocenters. The third-order valence-electron chi connectivity index (χ3n) is 5.79. The third kappa shape index (κ3) is 2.48. The number of hydrogen-bond acceptors (Lipinski definition) is 3. The van der Waals surface area contributed by atoms with Gasteiger partial charge in [0.1, 0.15) is 0 Å². The molecule has 1 aliphatic heterocycles. The van der Waals surface area contributed by atoms with Gasteiger partial charge in [0.15, 0.2) is 11.5 Å². The molecule has 24 heavy (non-hydrogen) atoms. The number of fused-ring (bicyclic) bond motifs is 3. The number of hydrogen-bond donors (Lipinski definition) is 1. The van der Waals surface area contributed by atoms with Crippen molar-refractivity contribution in [3.05, 3.63) is 59.2 Å². The van der Waals surface area contributed by atoms with E-state index in [1.54, 1.807) is 14.2 Å². The molecule has 0 saturated carbocycles. The van der Waals surface area contributed by atoms with Crippen molar-refractivity contribution in [1.29, 1.82) is 0 Å². The van der Waals surface area contributed by atoms with Crippen LogP contribution in [0, 0.1) is 5.92 Å². The smallest absolute Gasteiger partial charge is 0.164 e. The summed E-state index contributed by atoms with van der Waals surface area (Å²) in [5.74, 6) is 3.55. The fourth-order valence-electron chi connectivity index (χ4n) is 4.70. The summed E-state index contributed by atoms with van der Waals surface area (Å²) in [6.45, 7) is 2.17. The molecular formula is C21H25NO2. The summed E-state index contributed by atoms with van der Waals surface area (Å²) in [7, 11) is 3.47. The SMILES string of the molecule is COc1ccc2c(c1OC)CC(c1ccccc1)C1CCNCC21. The van der Waals surface area contributed by atoms with E-state index in [1.807, 2.05) is 0 Å². The van der Waals surface area contributed by atoms with Crippen molar-refractivity contribution >= 4 is 0 Å². The number of benzene rings is 2. The number of nitrogens with one attached hydrogen (secondary N) is 1. The van der Waals surface area contributed by atoms with Crippen LogP contribution in [0.4, 0.5) is 0 Å². The van der Waals surface area contributed by atoms with Gasteiger partial charge < -0.3 is 14.8 Å². The van der Waals surface area contributed by atoms with Gasteiger partial charge in [-0.25, -0.2) is 0 Å². The highest BCUT2D eigenvalue weighted by atomic mass is 16.5. The van der Waals surface area contributed by atoms with Crippen LogP contribution in [0.3, 0.4) is 0 Å². The molecule has 0 bridgehead atoms. The Bertz CT molecular complexity index is 713. The standard InChI is InChI=1S/C21H25NO2/c1-23-20-9-8-15-18(21(20)24-2)12-17(14-6-4-3-5-7-14)16-10-11-22-13-19(15)16/h3-9,16-17,19,22H,10-13H2,1-2H3. The van der Waals surface area contributed by atoms with Crippen LogP contribution in [0.2, 0.25) is 0 Å². The van der Waals surface area contributed by atoms with Gasteiger partial charge in [-0.1, -0.05) is 36.4 Å². The Labute approximate surface area is 144 Å². The Kier molecular flexibility index (Phi) is 4.19. The second kappa shape index (κ2) is 6.48. The highest BCUT2D eigenvalue weighted by Crippen LogP contribution is 2.51. The average molecular weight is 323 g/mol. The molecule has 126 valence electrons. The van der Waals surface area contributed by atoms with Crippen LogP contribution in [0.1, 0.15) is 34.9 Å². The van der Waals surface area contributed by atoms with E-state index >= 15 is 0 Å². The molecule has 2 aromatic carbocycles. The Balaban J connectivity index is 1.84. The predicted molar refractivity (Wildman–Crippen MR) is 96.2 cm³/mol. The van der Waals surface area contributed by atoms with E-state index in [2.05, 4.69) is 47.8 Å². The molecule has 0 amide bonds. The van der Waals surface area contributed by atoms with Crippen LogP contribution < -0.4 is 14.8 Å². The second-order valence-corrected chi connectivity index (χ2v) is 6.85. The van der Waals surface area contributed by atoms with Gasteiger partial charge in [-0.05, 0) is 48.4 Å². The van der Waals surface area contributed by atoms with E-state index in [1.165, 1.54) is 23.1 Å². The molecule has 1 aliphatic carbocycles. The Morgan fingerprint density at radius 2 is 1.79 bits per heavy atom. The van der Waals surface area contributed by atoms with Gasteiger partial charge in [-0.2, -0.15) is 0 Å². The lowest BCUT2D eigenvalue weighted by molar-refractivity contribution is 0.251. The Morgan fingerprint density at radius 3 is 2.54 bits per heavy atom. The Hall–Kier alpha value is -2.00. The zero-order valence-electron chi connectivity index (χ0n) is 14.4. The molecule has 3 atom stereocenters. The van der Waals surface area contributed by atoms with E-state index in [9.17, 15) is 0 Å². The summed E-state index contributed by atoms with van der Waals surface area (Å²) >= 11 is 0. The van der Waals surface area contributed by atoms with Crippen LogP contribution in [0.25, 0.3) is 0 Å². The first-order chi connectivity index (χ1) is 11.8. The summed E-state index contributed by atoms with van der Waals surface area (Å²) < 4.78 is 11.3. The predicted octanol–water partition coefficient (Wildman–Crippen LogP) is 3.74. The van der Waals surface area contributed by atoms with Crippen LogP contribution in [-0.2, 0) is 6.42 Å². The van der Waals surface area contributed by atoms with Gasteiger partial charge in [0, 0.05) is 18.0 Å². The molecule has 4 rings (SSSR count). The van der Waals surface area contributed by atoms with E-state index < -0.39 is 0 Å². The van der Waals surface area contributed by atoms with Crippen LogP contribution >= 0.6 is 0 Å². The number of piperidine rings is 1. The summed E-state index contributed by atoms with van der Waals surface area (Å²) in [6, 6.07) is 15.3. The molecule has 0 aromatic heterocycles. The van der Waals surface area contributed by atoms with E-state index in [0.717, 1.165) is 31.0 Å². The molecule has 1 fully saturated rings. The van der Waals surface area contributed by atoms with Gasteiger partial charge in [-0.15, -0.1) is 0 Å². The number of rotatable bonds is 3. The Morgan fingerprint density at radius 1 is 0.958 bits per heavy atom. The normalized spacial score (nSPS) is 25.5. The first kappa shape index (κ1) is 15.5. The molecular weight excluding hydrogens is 298 g/mol. The first-order valence-electron chi connectivity index (χ1n) is 8.83. The van der Waals surface area contributed by atoms with E-state index in [-0.39, 0.29) is 0 Å². The minimum atomic E-state index is 0.548. The van der Waals surface area contributed by atoms with Gasteiger partial charge >= 0.3 is 0 Å². The van der Waals surface area contributed by atoms with E-state index in [4.69, 9.17) is 9.47 Å². The average Bonchev–Trinajstić information content (AvgIpc) is 2.66. The van der Waals surface area contributed by atoms with Crippen LogP contribution in [-0.4, -0.2) is 27.3 Å². The lowest BCUT2D eigenvalue weighted by atomic mass is 9.64. The van der Waals surface area contributed by atoms with Crippen molar-refractivity contribution in [1.82, 2.24) is 5.32 Å². The zero-order valence-corrected chi connectivity index (χ0v) is 14.4. The fourth-order valence-corrected chi connectivity index (χ4v) is 4.70. The minimum Gasteiger partial charge on any atom is -0.493 e. The molecule has 2 aromatic rings. The van der Waals surface area contributed by atoms with Crippen molar-refractivity contribution in [2.75, 3.05) is 27.3 Å². The first-order valence-corrected chi connectivity index (χ1v) is 8.83. The number of methoxy groups -OCH3 is 2. The molecule has 3 heteroatoms. The van der Waals surface area contributed by atoms with Gasteiger partial charge in [0.25, 0.3) is 0 Å². The molecule has 0 radical (unpaired) electrons. The minimum absolute atomic E-state index is 0.548. The molecule has 1 heterocycles. The maximum Gasteiger partial charge on any atom is 0.164 e. The van der Waals surface area contributed by atoms with Crippen molar-refractivity contribution in [3.63, 3.8) is 0 Å². The van der Waals surface area contributed by atoms with Crippen molar-refractivity contribution in [2.45, 2.75) is 24.7 Å². The molecule has 1 saturated heterocycles. The van der Waals surface area contributed by atoms with E-state index in [0.29, 0.717) is 17.8 Å². The lowest BCUT2D eigenvalue weighted by Gasteiger charge is -2.43. The highest BCUT2D eigenvalue weighted by molar-refractivity contribution is 5.54. The largest absolute Gasteiger partial charge is 0.493 e. The third-order valence-corrected chi connectivity index (χ3v) is 5.79. The van der Waals surface area contributed by atoms with Gasteiger partial charge in [0.2, 0.25) is 0 Å². The zero-order chi connectivity index (χ0) is 16.5. The maximum absolute atomic E-state index is 5.75. The maximum atomic E-state index is 5.75. The summed E-state index contributed by atoms with van der Waals surface area (Å²) in [5, 5.41) is 3.59. The molecule has 3 nitrogen and oxygen atoms in total. The van der Waals surface area contributed by atoms with Gasteiger partial charge in [-0.3, -0.25) is 0 Å². The molecule has 1 N–H and O–H groups in total. The summed E-state index contributed by atoms with van der Waals surface area (Å²) in [6.07, 6.45) is 2.26. The monoisotopic (exact) mass is 323 g/mol. The quantitative estimate of drug-likeness (QED) is 0.933. The lowest BCUT2D eigenvalue weighted by Crippen LogP contribution is -2.41. The summed E-state index contributed by atoms with van der Waals surface area (Å²) in [5.41, 5.74) is 4.22. The second-order valence-electron chi connectivity index (χ2n) is 6.85. The van der Waals surface area contributed by atoms with Gasteiger partial charge in [0.05, 0.1) is 14.2 Å².